The average Bonchev–Trinajstić information content (AvgIpc) is 2.80. The van der Waals surface area contributed by atoms with E-state index in [-0.39, 0.29) is 5.91 Å². The Kier molecular flexibility index (Phi) is 7.20. The number of rotatable bonds is 5. The van der Waals surface area contributed by atoms with Crippen LogP contribution in [-0.4, -0.2) is 74.2 Å². The van der Waals surface area contributed by atoms with Gasteiger partial charge in [-0.15, -0.1) is 0 Å². The maximum absolute atomic E-state index is 13.5. The van der Waals surface area contributed by atoms with Crippen LogP contribution in [0.1, 0.15) is 38.5 Å². The third kappa shape index (κ3) is 5.30. The van der Waals surface area contributed by atoms with Gasteiger partial charge >= 0.3 is 0 Å². The van der Waals surface area contributed by atoms with Gasteiger partial charge in [-0.2, -0.15) is 0 Å². The number of anilines is 1. The minimum atomic E-state index is -0.789. The van der Waals surface area contributed by atoms with E-state index in [0.29, 0.717) is 31.6 Å². The van der Waals surface area contributed by atoms with Crippen molar-refractivity contribution in [1.82, 2.24) is 9.80 Å². The molecule has 0 N–H and O–H groups in total. The molecule has 1 aromatic carbocycles. The van der Waals surface area contributed by atoms with Crippen molar-refractivity contribution in [3.8, 4) is 0 Å². The lowest BCUT2D eigenvalue weighted by Gasteiger charge is -2.42. The number of morpholine rings is 1. The van der Waals surface area contributed by atoms with Crippen LogP contribution in [0.5, 0.6) is 0 Å². The van der Waals surface area contributed by atoms with Crippen molar-refractivity contribution in [2.24, 2.45) is 5.92 Å². The third-order valence-corrected chi connectivity index (χ3v) is 7.03. The lowest BCUT2D eigenvalue weighted by atomic mass is 9.90. The van der Waals surface area contributed by atoms with Crippen LogP contribution >= 0.6 is 0 Å². The van der Waals surface area contributed by atoms with E-state index in [1.165, 1.54) is 25.0 Å². The van der Waals surface area contributed by atoms with Crippen molar-refractivity contribution in [3.63, 3.8) is 0 Å². The van der Waals surface area contributed by atoms with Gasteiger partial charge in [0.15, 0.2) is 11.6 Å². The van der Waals surface area contributed by atoms with Crippen LogP contribution in [0.4, 0.5) is 14.5 Å². The zero-order valence-electron chi connectivity index (χ0n) is 17.7. The van der Waals surface area contributed by atoms with Crippen molar-refractivity contribution in [2.75, 3.05) is 57.4 Å². The highest BCUT2D eigenvalue weighted by Crippen LogP contribution is 2.28. The molecule has 0 spiro atoms. The van der Waals surface area contributed by atoms with Crippen molar-refractivity contribution in [1.29, 1.82) is 0 Å². The van der Waals surface area contributed by atoms with Gasteiger partial charge < -0.3 is 19.4 Å². The number of carbonyl (C=O) groups excluding carboxylic acids is 1. The Labute approximate surface area is 178 Å². The number of amides is 1. The lowest BCUT2D eigenvalue weighted by molar-refractivity contribution is -0.135. The molecule has 0 bridgehead atoms. The van der Waals surface area contributed by atoms with Gasteiger partial charge in [0.2, 0.25) is 5.91 Å². The molecule has 1 amide bonds. The highest BCUT2D eigenvalue weighted by molar-refractivity contribution is 5.76. The van der Waals surface area contributed by atoms with Gasteiger partial charge in [-0.05, 0) is 63.2 Å². The molecule has 0 aromatic heterocycles. The molecule has 30 heavy (non-hydrogen) atoms. The van der Waals surface area contributed by atoms with Gasteiger partial charge in [0, 0.05) is 50.4 Å². The van der Waals surface area contributed by atoms with Gasteiger partial charge in [-0.25, -0.2) is 8.78 Å². The SMILES string of the molecule is O=C(CCC1CCN(C2CCN(c3ccc(F)c(F)c3)CC2)CC1)N1CCOCC1. The Morgan fingerprint density at radius 2 is 1.63 bits per heavy atom. The fourth-order valence-corrected chi connectivity index (χ4v) is 5.08. The maximum atomic E-state index is 13.5. The number of likely N-dealkylation sites (tertiary alicyclic amines) is 1. The summed E-state index contributed by atoms with van der Waals surface area (Å²) < 4.78 is 32.0. The van der Waals surface area contributed by atoms with Gasteiger partial charge in [-0.1, -0.05) is 0 Å². The Morgan fingerprint density at radius 3 is 2.30 bits per heavy atom. The highest BCUT2D eigenvalue weighted by Gasteiger charge is 2.29. The van der Waals surface area contributed by atoms with Gasteiger partial charge in [0.05, 0.1) is 13.2 Å². The quantitative estimate of drug-likeness (QED) is 0.731. The smallest absolute Gasteiger partial charge is 0.222 e. The average molecular weight is 422 g/mol. The molecule has 1 aromatic rings. The second-order valence-electron chi connectivity index (χ2n) is 8.83. The normalized spacial score (nSPS) is 22.5. The molecule has 0 saturated carbocycles. The summed E-state index contributed by atoms with van der Waals surface area (Å²) in [6.07, 6.45) is 6.10. The molecule has 0 radical (unpaired) electrons. The lowest BCUT2D eigenvalue weighted by Crippen LogP contribution is -2.48. The number of carbonyl (C=O) groups is 1. The van der Waals surface area contributed by atoms with Crippen molar-refractivity contribution >= 4 is 11.6 Å². The summed E-state index contributed by atoms with van der Waals surface area (Å²) in [5.41, 5.74) is 0.774. The number of hydrogen-bond acceptors (Lipinski definition) is 4. The molecule has 3 saturated heterocycles. The van der Waals surface area contributed by atoms with E-state index < -0.39 is 11.6 Å². The Balaban J connectivity index is 1.17. The first-order valence-electron chi connectivity index (χ1n) is 11.4. The number of benzene rings is 1. The summed E-state index contributed by atoms with van der Waals surface area (Å²) in [6.45, 7) is 6.77. The van der Waals surface area contributed by atoms with Gasteiger partial charge in [0.1, 0.15) is 0 Å². The molecular weight excluding hydrogens is 388 g/mol. The zero-order chi connectivity index (χ0) is 20.9. The van der Waals surface area contributed by atoms with Crippen LogP contribution in [-0.2, 0) is 9.53 Å². The van der Waals surface area contributed by atoms with Crippen LogP contribution in [0.15, 0.2) is 18.2 Å². The molecule has 0 aliphatic carbocycles. The number of ether oxygens (including phenoxy) is 1. The molecule has 3 aliphatic heterocycles. The first-order valence-corrected chi connectivity index (χ1v) is 11.4. The maximum Gasteiger partial charge on any atom is 0.222 e. The highest BCUT2D eigenvalue weighted by atomic mass is 19.2. The topological polar surface area (TPSA) is 36.0 Å². The fourth-order valence-electron chi connectivity index (χ4n) is 5.08. The van der Waals surface area contributed by atoms with Crippen molar-refractivity contribution in [2.45, 2.75) is 44.6 Å². The second kappa shape index (κ2) is 10.1. The van der Waals surface area contributed by atoms with E-state index in [0.717, 1.165) is 64.2 Å². The molecule has 0 atom stereocenters. The molecule has 5 nitrogen and oxygen atoms in total. The number of nitrogens with zero attached hydrogens (tertiary/aromatic N) is 3. The van der Waals surface area contributed by atoms with E-state index in [9.17, 15) is 13.6 Å². The molecule has 0 unspecified atom stereocenters. The van der Waals surface area contributed by atoms with Crippen LogP contribution in [0.3, 0.4) is 0 Å². The van der Waals surface area contributed by atoms with E-state index in [1.807, 2.05) is 4.90 Å². The number of halogens is 2. The predicted molar refractivity (Wildman–Crippen MR) is 113 cm³/mol. The minimum Gasteiger partial charge on any atom is -0.378 e. The van der Waals surface area contributed by atoms with Crippen LogP contribution in [0.2, 0.25) is 0 Å². The van der Waals surface area contributed by atoms with E-state index in [2.05, 4.69) is 9.80 Å². The summed E-state index contributed by atoms with van der Waals surface area (Å²) in [5.74, 6) is -0.634. The first-order chi connectivity index (χ1) is 14.6. The van der Waals surface area contributed by atoms with E-state index >= 15 is 0 Å². The molecule has 166 valence electrons. The third-order valence-electron chi connectivity index (χ3n) is 7.03. The van der Waals surface area contributed by atoms with E-state index in [1.54, 1.807) is 6.07 Å². The fraction of sp³-hybridized carbons (Fsp3) is 0.696. The molecule has 3 heterocycles. The largest absolute Gasteiger partial charge is 0.378 e. The van der Waals surface area contributed by atoms with Crippen molar-refractivity contribution < 1.29 is 18.3 Å². The van der Waals surface area contributed by atoms with Gasteiger partial charge in [0.25, 0.3) is 0 Å². The summed E-state index contributed by atoms with van der Waals surface area (Å²) >= 11 is 0. The molecule has 7 heteroatoms. The second-order valence-corrected chi connectivity index (χ2v) is 8.83. The molecular formula is C23H33F2N3O2. The summed E-state index contributed by atoms with van der Waals surface area (Å²) in [6, 6.07) is 4.76. The summed E-state index contributed by atoms with van der Waals surface area (Å²) in [5, 5.41) is 0. The first kappa shape index (κ1) is 21.5. The van der Waals surface area contributed by atoms with Crippen LogP contribution < -0.4 is 4.90 Å². The van der Waals surface area contributed by atoms with Crippen LogP contribution in [0.25, 0.3) is 0 Å². The standard InChI is InChI=1S/C23H33F2N3O2/c24-21-3-2-20(17-22(21)25)27-11-7-19(8-12-27)26-9-5-18(6-10-26)1-4-23(29)28-13-15-30-16-14-28/h2-3,17-19H,1,4-16H2. The molecule has 3 fully saturated rings. The van der Waals surface area contributed by atoms with Crippen molar-refractivity contribution in [3.05, 3.63) is 29.8 Å². The van der Waals surface area contributed by atoms with Gasteiger partial charge in [-0.3, -0.25) is 4.79 Å². The monoisotopic (exact) mass is 421 g/mol. The Hall–Kier alpha value is -1.73. The minimum absolute atomic E-state index is 0.283. The van der Waals surface area contributed by atoms with Crippen LogP contribution in [0, 0.1) is 17.6 Å². The number of hydrogen-bond donors (Lipinski definition) is 0. The number of piperidine rings is 2. The Morgan fingerprint density at radius 1 is 0.933 bits per heavy atom. The predicted octanol–water partition coefficient (Wildman–Crippen LogP) is 3.28. The van der Waals surface area contributed by atoms with E-state index in [4.69, 9.17) is 4.74 Å². The summed E-state index contributed by atoms with van der Waals surface area (Å²) in [7, 11) is 0. The molecule has 4 rings (SSSR count). The zero-order valence-corrected chi connectivity index (χ0v) is 17.7. The Bertz CT molecular complexity index is 710. The summed E-state index contributed by atoms with van der Waals surface area (Å²) in [4.78, 5) is 19.1. The molecule has 3 aliphatic rings.